The summed E-state index contributed by atoms with van der Waals surface area (Å²) in [7, 11) is -3.42. The lowest BCUT2D eigenvalue weighted by atomic mass is 9.98. The topological polar surface area (TPSA) is 109 Å². The van der Waals surface area contributed by atoms with Crippen molar-refractivity contribution in [2.45, 2.75) is 32.5 Å². The molecular weight excluding hydrogens is 406 g/mol. The first-order valence-corrected chi connectivity index (χ1v) is 11.5. The highest BCUT2D eigenvalue weighted by atomic mass is 32.2. The molecule has 1 amide bonds. The normalized spacial score (nSPS) is 19.9. The second kappa shape index (κ2) is 9.55. The third kappa shape index (κ3) is 5.56. The number of sulfonamides is 1. The van der Waals surface area contributed by atoms with Gasteiger partial charge in [0.2, 0.25) is 15.9 Å². The predicted molar refractivity (Wildman–Crippen MR) is 113 cm³/mol. The standard InChI is InChI=1S/C21H27N3O5S/c1-15(2)14-30(27,28)23-18-7-5-17(6-8-18)21-19(12-25)24(20(26)13-29-21)11-16-4-3-9-22-10-16/h3-10,15,19,21,23,25H,11-14H2,1-2H3/t19-,21-/m1/s1. The van der Waals surface area contributed by atoms with Gasteiger partial charge in [0, 0.05) is 24.6 Å². The van der Waals surface area contributed by atoms with E-state index in [1.165, 1.54) is 0 Å². The molecule has 3 rings (SSSR count). The summed E-state index contributed by atoms with van der Waals surface area (Å²) in [4.78, 5) is 18.1. The fraction of sp³-hybridized carbons (Fsp3) is 0.429. The Kier molecular flexibility index (Phi) is 7.06. The first-order valence-electron chi connectivity index (χ1n) is 9.80. The third-order valence-corrected chi connectivity index (χ3v) is 6.44. The van der Waals surface area contributed by atoms with E-state index in [0.29, 0.717) is 12.2 Å². The molecule has 0 saturated carbocycles. The summed E-state index contributed by atoms with van der Waals surface area (Å²) in [5, 5.41) is 10.00. The van der Waals surface area contributed by atoms with Gasteiger partial charge in [-0.05, 0) is 35.2 Å². The molecule has 0 aliphatic carbocycles. The molecule has 2 aromatic rings. The molecule has 9 heteroatoms. The molecule has 0 bridgehead atoms. The van der Waals surface area contributed by atoms with Crippen LogP contribution >= 0.6 is 0 Å². The highest BCUT2D eigenvalue weighted by Gasteiger charge is 2.37. The molecule has 8 nitrogen and oxygen atoms in total. The van der Waals surface area contributed by atoms with Gasteiger partial charge in [0.25, 0.3) is 0 Å². The van der Waals surface area contributed by atoms with Gasteiger partial charge in [-0.1, -0.05) is 32.0 Å². The number of morpholine rings is 1. The summed E-state index contributed by atoms with van der Waals surface area (Å²) in [6.45, 7) is 3.65. The number of hydrogen-bond donors (Lipinski definition) is 2. The van der Waals surface area contributed by atoms with E-state index in [1.807, 2.05) is 19.9 Å². The number of benzene rings is 1. The summed E-state index contributed by atoms with van der Waals surface area (Å²) < 4.78 is 32.6. The summed E-state index contributed by atoms with van der Waals surface area (Å²) in [6.07, 6.45) is 2.82. The molecule has 1 saturated heterocycles. The predicted octanol–water partition coefficient (Wildman–Crippen LogP) is 1.94. The maximum Gasteiger partial charge on any atom is 0.249 e. The van der Waals surface area contributed by atoms with Crippen LogP contribution in [0.15, 0.2) is 48.8 Å². The molecule has 2 heterocycles. The van der Waals surface area contributed by atoms with Gasteiger partial charge in [-0.2, -0.15) is 0 Å². The van der Waals surface area contributed by atoms with Gasteiger partial charge in [0.1, 0.15) is 12.7 Å². The number of ether oxygens (including phenoxy) is 1. The Morgan fingerprint density at radius 3 is 2.60 bits per heavy atom. The van der Waals surface area contributed by atoms with Gasteiger partial charge >= 0.3 is 0 Å². The zero-order valence-corrected chi connectivity index (χ0v) is 17.9. The quantitative estimate of drug-likeness (QED) is 0.659. The van der Waals surface area contributed by atoms with Gasteiger partial charge in [-0.25, -0.2) is 8.42 Å². The molecule has 1 fully saturated rings. The first kappa shape index (κ1) is 22.2. The van der Waals surface area contributed by atoms with Crippen LogP contribution in [0.4, 0.5) is 5.69 Å². The number of pyridine rings is 1. The molecular formula is C21H27N3O5S. The van der Waals surface area contributed by atoms with Gasteiger partial charge in [0.15, 0.2) is 0 Å². The number of carbonyl (C=O) groups excluding carboxylic acids is 1. The Balaban J connectivity index is 1.76. The van der Waals surface area contributed by atoms with Crippen LogP contribution in [-0.2, 0) is 26.1 Å². The molecule has 0 unspecified atom stereocenters. The van der Waals surface area contributed by atoms with Crippen molar-refractivity contribution in [1.29, 1.82) is 0 Å². The van der Waals surface area contributed by atoms with Crippen molar-refractivity contribution in [3.8, 4) is 0 Å². The molecule has 30 heavy (non-hydrogen) atoms. The van der Waals surface area contributed by atoms with Crippen molar-refractivity contribution >= 4 is 21.6 Å². The number of nitrogens with one attached hydrogen (secondary N) is 1. The third-order valence-electron chi connectivity index (χ3n) is 4.78. The maximum absolute atomic E-state index is 12.4. The Hall–Kier alpha value is -2.49. The van der Waals surface area contributed by atoms with E-state index < -0.39 is 22.2 Å². The molecule has 0 radical (unpaired) electrons. The van der Waals surface area contributed by atoms with Crippen molar-refractivity contribution in [3.63, 3.8) is 0 Å². The second-order valence-electron chi connectivity index (χ2n) is 7.76. The van der Waals surface area contributed by atoms with E-state index in [4.69, 9.17) is 4.74 Å². The smallest absolute Gasteiger partial charge is 0.249 e. The van der Waals surface area contributed by atoms with Crippen molar-refractivity contribution in [2.75, 3.05) is 23.7 Å². The van der Waals surface area contributed by atoms with Crippen LogP contribution in [0.2, 0.25) is 0 Å². The van der Waals surface area contributed by atoms with E-state index in [1.54, 1.807) is 47.6 Å². The maximum atomic E-state index is 12.4. The zero-order valence-electron chi connectivity index (χ0n) is 17.1. The number of anilines is 1. The van der Waals surface area contributed by atoms with Gasteiger partial charge < -0.3 is 14.7 Å². The molecule has 2 atom stereocenters. The highest BCUT2D eigenvalue weighted by molar-refractivity contribution is 7.92. The van der Waals surface area contributed by atoms with Crippen LogP contribution in [0.5, 0.6) is 0 Å². The van der Waals surface area contributed by atoms with Crippen LogP contribution < -0.4 is 4.72 Å². The largest absolute Gasteiger partial charge is 0.394 e. The van der Waals surface area contributed by atoms with Crippen LogP contribution in [0.1, 0.15) is 31.1 Å². The van der Waals surface area contributed by atoms with E-state index in [9.17, 15) is 18.3 Å². The van der Waals surface area contributed by atoms with E-state index in [-0.39, 0.29) is 30.8 Å². The molecule has 0 spiro atoms. The zero-order chi connectivity index (χ0) is 21.7. The summed E-state index contributed by atoms with van der Waals surface area (Å²) in [5.74, 6) is -0.142. The molecule has 2 N–H and O–H groups in total. The number of aliphatic hydroxyl groups excluding tert-OH is 1. The number of nitrogens with zero attached hydrogens (tertiary/aromatic N) is 2. The van der Waals surface area contributed by atoms with Crippen molar-refractivity contribution in [3.05, 3.63) is 59.9 Å². The monoisotopic (exact) mass is 433 g/mol. The minimum atomic E-state index is -3.42. The first-order chi connectivity index (χ1) is 14.3. The average molecular weight is 434 g/mol. The van der Waals surface area contributed by atoms with Gasteiger partial charge in [-0.15, -0.1) is 0 Å². The van der Waals surface area contributed by atoms with Crippen LogP contribution in [-0.4, -0.2) is 54.3 Å². The lowest BCUT2D eigenvalue weighted by Crippen LogP contribution is -2.52. The van der Waals surface area contributed by atoms with Crippen molar-refractivity contribution in [1.82, 2.24) is 9.88 Å². The minimum absolute atomic E-state index is 0.0195. The Morgan fingerprint density at radius 2 is 2.00 bits per heavy atom. The van der Waals surface area contributed by atoms with Crippen LogP contribution in [0.25, 0.3) is 0 Å². The van der Waals surface area contributed by atoms with Crippen molar-refractivity contribution in [2.24, 2.45) is 5.92 Å². The Labute approximate surface area is 176 Å². The number of rotatable bonds is 8. The van der Waals surface area contributed by atoms with Crippen LogP contribution in [0.3, 0.4) is 0 Å². The SMILES string of the molecule is CC(C)CS(=O)(=O)Nc1ccc([C@H]2OCC(=O)N(Cc3cccnc3)[C@@H]2CO)cc1. The lowest BCUT2D eigenvalue weighted by Gasteiger charge is -2.40. The number of amides is 1. The van der Waals surface area contributed by atoms with Gasteiger partial charge in [-0.3, -0.25) is 14.5 Å². The lowest BCUT2D eigenvalue weighted by molar-refractivity contribution is -0.162. The van der Waals surface area contributed by atoms with Gasteiger partial charge in [0.05, 0.1) is 18.4 Å². The molecule has 1 aromatic carbocycles. The Bertz CT molecular complexity index is 948. The Morgan fingerprint density at radius 1 is 1.27 bits per heavy atom. The number of carbonyl (C=O) groups is 1. The molecule has 1 aliphatic heterocycles. The number of aliphatic hydroxyl groups is 1. The fourth-order valence-electron chi connectivity index (χ4n) is 3.51. The fourth-order valence-corrected chi connectivity index (χ4v) is 4.97. The molecule has 1 aromatic heterocycles. The van der Waals surface area contributed by atoms with E-state index in [0.717, 1.165) is 11.1 Å². The average Bonchev–Trinajstić information content (AvgIpc) is 2.69. The summed E-state index contributed by atoms with van der Waals surface area (Å²) >= 11 is 0. The highest BCUT2D eigenvalue weighted by Crippen LogP contribution is 2.31. The number of hydrogen-bond acceptors (Lipinski definition) is 6. The number of aromatic nitrogens is 1. The minimum Gasteiger partial charge on any atom is -0.394 e. The van der Waals surface area contributed by atoms with Crippen molar-refractivity contribution < 1.29 is 23.1 Å². The van der Waals surface area contributed by atoms with E-state index in [2.05, 4.69) is 9.71 Å². The van der Waals surface area contributed by atoms with Crippen LogP contribution in [0, 0.1) is 5.92 Å². The van der Waals surface area contributed by atoms with E-state index >= 15 is 0 Å². The summed E-state index contributed by atoms with van der Waals surface area (Å²) in [6, 6.07) is 9.92. The second-order valence-corrected chi connectivity index (χ2v) is 9.53. The molecule has 162 valence electrons. The molecule has 1 aliphatic rings. The summed E-state index contributed by atoms with van der Waals surface area (Å²) in [5.41, 5.74) is 2.07.